The predicted octanol–water partition coefficient (Wildman–Crippen LogP) is 3.81. The SMILES string of the molecule is COc1ccc(COc2nc(N3CCc4cc5c(cc43)OCO5)ncc2C(=O)NCc2cccnc2)cc1. The molecule has 10 heteroatoms. The largest absolute Gasteiger partial charge is 0.497 e. The van der Waals surface area contributed by atoms with E-state index in [2.05, 4.69) is 15.3 Å². The van der Waals surface area contributed by atoms with Gasteiger partial charge in [0.25, 0.3) is 5.91 Å². The summed E-state index contributed by atoms with van der Waals surface area (Å²) >= 11 is 0. The number of pyridine rings is 1. The average molecular weight is 512 g/mol. The first kappa shape index (κ1) is 23.5. The highest BCUT2D eigenvalue weighted by Crippen LogP contribution is 2.43. The normalized spacial score (nSPS) is 13.2. The molecule has 0 radical (unpaired) electrons. The van der Waals surface area contributed by atoms with Crippen LogP contribution in [0.5, 0.6) is 23.1 Å². The predicted molar refractivity (Wildman–Crippen MR) is 138 cm³/mol. The van der Waals surface area contributed by atoms with Gasteiger partial charge in [-0.25, -0.2) is 4.98 Å². The molecule has 0 atom stereocenters. The van der Waals surface area contributed by atoms with Gasteiger partial charge in [-0.05, 0) is 47.4 Å². The molecule has 6 rings (SSSR count). The Bertz CT molecular complexity index is 1460. The van der Waals surface area contributed by atoms with Crippen LogP contribution >= 0.6 is 0 Å². The molecule has 192 valence electrons. The van der Waals surface area contributed by atoms with Crippen molar-refractivity contribution in [2.75, 3.05) is 25.3 Å². The molecule has 0 saturated heterocycles. The molecule has 0 bridgehead atoms. The number of ether oxygens (including phenoxy) is 4. The van der Waals surface area contributed by atoms with Gasteiger partial charge in [-0.2, -0.15) is 4.98 Å². The fourth-order valence-corrected chi connectivity index (χ4v) is 4.39. The summed E-state index contributed by atoms with van der Waals surface area (Å²) in [6, 6.07) is 15.2. The van der Waals surface area contributed by atoms with Crippen LogP contribution in [-0.4, -0.2) is 41.3 Å². The number of hydrogen-bond acceptors (Lipinski definition) is 9. The second-order valence-corrected chi connectivity index (χ2v) is 8.81. The first-order valence-corrected chi connectivity index (χ1v) is 12.2. The Balaban J connectivity index is 1.28. The molecular weight excluding hydrogens is 486 g/mol. The highest BCUT2D eigenvalue weighted by molar-refractivity contribution is 5.96. The third-order valence-electron chi connectivity index (χ3n) is 6.41. The van der Waals surface area contributed by atoms with Crippen molar-refractivity contribution in [3.63, 3.8) is 0 Å². The van der Waals surface area contributed by atoms with Crippen LogP contribution in [-0.2, 0) is 19.6 Å². The first-order chi connectivity index (χ1) is 18.7. The van der Waals surface area contributed by atoms with Crippen molar-refractivity contribution in [3.8, 4) is 23.1 Å². The van der Waals surface area contributed by atoms with Crippen molar-refractivity contribution in [1.82, 2.24) is 20.3 Å². The third kappa shape index (κ3) is 4.75. The summed E-state index contributed by atoms with van der Waals surface area (Å²) in [5.74, 6) is 2.49. The molecule has 0 aliphatic carbocycles. The van der Waals surface area contributed by atoms with Crippen LogP contribution in [0.2, 0.25) is 0 Å². The van der Waals surface area contributed by atoms with E-state index in [1.807, 2.05) is 53.4 Å². The zero-order chi connectivity index (χ0) is 25.9. The van der Waals surface area contributed by atoms with E-state index < -0.39 is 0 Å². The van der Waals surface area contributed by atoms with Gasteiger partial charge >= 0.3 is 0 Å². The Morgan fingerprint density at radius 3 is 2.71 bits per heavy atom. The number of amides is 1. The molecule has 1 N–H and O–H groups in total. The van der Waals surface area contributed by atoms with Gasteiger partial charge in [-0.3, -0.25) is 9.78 Å². The van der Waals surface area contributed by atoms with Crippen LogP contribution in [0.4, 0.5) is 11.6 Å². The lowest BCUT2D eigenvalue weighted by Gasteiger charge is -2.19. The number of methoxy groups -OCH3 is 1. The molecule has 0 unspecified atom stereocenters. The maximum atomic E-state index is 13.1. The van der Waals surface area contributed by atoms with Crippen LogP contribution in [0.25, 0.3) is 0 Å². The number of rotatable bonds is 8. The molecule has 0 spiro atoms. The van der Waals surface area contributed by atoms with Crippen molar-refractivity contribution >= 4 is 17.5 Å². The number of anilines is 2. The van der Waals surface area contributed by atoms with Crippen LogP contribution < -0.4 is 29.2 Å². The maximum Gasteiger partial charge on any atom is 0.258 e. The van der Waals surface area contributed by atoms with Crippen LogP contribution in [0.15, 0.2) is 67.1 Å². The highest BCUT2D eigenvalue weighted by Gasteiger charge is 2.28. The van der Waals surface area contributed by atoms with Crippen LogP contribution in [0, 0.1) is 0 Å². The molecule has 0 saturated carbocycles. The highest BCUT2D eigenvalue weighted by atomic mass is 16.7. The van der Waals surface area contributed by atoms with E-state index in [-0.39, 0.29) is 30.8 Å². The summed E-state index contributed by atoms with van der Waals surface area (Å²) < 4.78 is 22.4. The number of benzene rings is 2. The molecule has 38 heavy (non-hydrogen) atoms. The minimum absolute atomic E-state index is 0.198. The van der Waals surface area contributed by atoms with E-state index in [9.17, 15) is 4.79 Å². The van der Waals surface area contributed by atoms with Gasteiger partial charge in [0.1, 0.15) is 17.9 Å². The molecule has 10 nitrogen and oxygen atoms in total. The van der Waals surface area contributed by atoms with Crippen molar-refractivity contribution in [2.24, 2.45) is 0 Å². The summed E-state index contributed by atoms with van der Waals surface area (Å²) in [6.45, 7) is 1.43. The molecule has 2 aliphatic heterocycles. The van der Waals surface area contributed by atoms with E-state index in [4.69, 9.17) is 23.9 Å². The number of carbonyl (C=O) groups is 1. The third-order valence-corrected chi connectivity index (χ3v) is 6.41. The first-order valence-electron chi connectivity index (χ1n) is 12.2. The van der Waals surface area contributed by atoms with Crippen molar-refractivity contribution in [3.05, 3.63) is 89.4 Å². The minimum atomic E-state index is -0.338. The summed E-state index contributed by atoms with van der Waals surface area (Å²) in [5, 5.41) is 2.90. The van der Waals surface area contributed by atoms with E-state index >= 15 is 0 Å². The number of aromatic nitrogens is 3. The zero-order valence-electron chi connectivity index (χ0n) is 20.7. The quantitative estimate of drug-likeness (QED) is 0.378. The molecule has 1 amide bonds. The summed E-state index contributed by atoms with van der Waals surface area (Å²) in [7, 11) is 1.62. The van der Waals surface area contributed by atoms with Crippen molar-refractivity contribution in [2.45, 2.75) is 19.6 Å². The second-order valence-electron chi connectivity index (χ2n) is 8.81. The van der Waals surface area contributed by atoms with Crippen molar-refractivity contribution < 1.29 is 23.7 Å². The Morgan fingerprint density at radius 1 is 1.08 bits per heavy atom. The monoisotopic (exact) mass is 511 g/mol. The lowest BCUT2D eigenvalue weighted by atomic mass is 10.1. The van der Waals surface area contributed by atoms with Gasteiger partial charge in [-0.15, -0.1) is 0 Å². The topological polar surface area (TPSA) is 108 Å². The molecule has 2 aromatic heterocycles. The lowest BCUT2D eigenvalue weighted by molar-refractivity contribution is 0.0945. The maximum absolute atomic E-state index is 13.1. The average Bonchev–Trinajstić information content (AvgIpc) is 3.60. The standard InChI is InChI=1S/C28H25N5O5/c1-35-21-6-4-18(5-7-21)16-36-27-22(26(34)30-14-19-3-2-9-29-13-19)15-31-28(32-27)33-10-8-20-11-24-25(12-23(20)33)38-17-37-24/h2-7,9,11-13,15H,8,10,14,16-17H2,1H3,(H,30,34). The van der Waals surface area contributed by atoms with E-state index in [1.54, 1.807) is 19.5 Å². The zero-order valence-corrected chi connectivity index (χ0v) is 20.7. The molecular formula is C28H25N5O5. The number of fused-ring (bicyclic) bond motifs is 2. The van der Waals surface area contributed by atoms with E-state index in [0.717, 1.165) is 40.3 Å². The van der Waals surface area contributed by atoms with E-state index in [1.165, 1.54) is 6.20 Å². The number of nitrogens with one attached hydrogen (secondary N) is 1. The molecule has 4 heterocycles. The Kier molecular flexibility index (Phi) is 6.35. The molecule has 2 aliphatic rings. The summed E-state index contributed by atoms with van der Waals surface area (Å²) in [6.07, 6.45) is 5.71. The van der Waals surface area contributed by atoms with Gasteiger partial charge < -0.3 is 29.2 Å². The molecule has 0 fully saturated rings. The second kappa shape index (κ2) is 10.3. The van der Waals surface area contributed by atoms with E-state index in [0.29, 0.717) is 24.8 Å². The molecule has 2 aromatic carbocycles. The summed E-state index contributed by atoms with van der Waals surface area (Å²) in [5.41, 5.74) is 4.11. The smallest absolute Gasteiger partial charge is 0.258 e. The number of carbonyl (C=O) groups excluding carboxylic acids is 1. The van der Waals surface area contributed by atoms with Gasteiger partial charge in [0.2, 0.25) is 18.6 Å². The fraction of sp³-hybridized carbons (Fsp3) is 0.214. The fourth-order valence-electron chi connectivity index (χ4n) is 4.39. The number of hydrogen-bond donors (Lipinski definition) is 1. The van der Waals surface area contributed by atoms with Gasteiger partial charge in [0, 0.05) is 37.7 Å². The van der Waals surface area contributed by atoms with Crippen LogP contribution in [0.3, 0.4) is 0 Å². The van der Waals surface area contributed by atoms with Crippen molar-refractivity contribution in [1.29, 1.82) is 0 Å². The Hall–Kier alpha value is -4.86. The Labute approximate surface area is 219 Å². The number of nitrogens with zero attached hydrogens (tertiary/aromatic N) is 4. The van der Waals surface area contributed by atoms with Crippen LogP contribution in [0.1, 0.15) is 27.0 Å². The Morgan fingerprint density at radius 2 is 1.92 bits per heavy atom. The minimum Gasteiger partial charge on any atom is -0.497 e. The lowest BCUT2D eigenvalue weighted by Crippen LogP contribution is -2.25. The van der Waals surface area contributed by atoms with Gasteiger partial charge in [0.05, 0.1) is 12.8 Å². The van der Waals surface area contributed by atoms with Gasteiger partial charge in [0.15, 0.2) is 11.5 Å². The molecule has 4 aromatic rings. The summed E-state index contributed by atoms with van der Waals surface area (Å²) in [4.78, 5) is 28.5. The van der Waals surface area contributed by atoms with Gasteiger partial charge in [-0.1, -0.05) is 18.2 Å².